The molecule has 1 amide bonds. The molecule has 4 aromatic rings. The molecule has 7 heteroatoms. The molecule has 186 valence electrons. The minimum absolute atomic E-state index is 0.194. The fourth-order valence-electron chi connectivity index (χ4n) is 4.94. The Hall–Kier alpha value is -4.00. The normalized spacial score (nSPS) is 16.9. The highest BCUT2D eigenvalue weighted by Crippen LogP contribution is 2.43. The number of nitrogens with zero attached hydrogens (tertiary/aromatic N) is 3. The van der Waals surface area contributed by atoms with Crippen molar-refractivity contribution in [3.05, 3.63) is 128 Å². The number of aromatic nitrogens is 2. The fraction of sp³-hybridized carbons (Fsp3) is 0.0968. The number of amides is 1. The molecule has 0 bridgehead atoms. The van der Waals surface area contributed by atoms with Crippen LogP contribution in [0.3, 0.4) is 0 Å². The van der Waals surface area contributed by atoms with Crippen LogP contribution in [0.25, 0.3) is 22.2 Å². The van der Waals surface area contributed by atoms with Crippen LogP contribution in [0, 0.1) is 19.8 Å². The summed E-state index contributed by atoms with van der Waals surface area (Å²) in [7, 11) is 0. The molecular weight excluding hydrogens is 514 g/mol. The Bertz CT molecular complexity index is 1800. The van der Waals surface area contributed by atoms with Gasteiger partial charge in [0.2, 0.25) is 0 Å². The van der Waals surface area contributed by atoms with Gasteiger partial charge in [-0.05, 0) is 84.3 Å². The summed E-state index contributed by atoms with van der Waals surface area (Å²) in [5.41, 5.74) is 5.44. The van der Waals surface area contributed by atoms with Crippen molar-refractivity contribution in [3.63, 3.8) is 0 Å². The minimum atomic E-state index is -0.370. The van der Waals surface area contributed by atoms with Gasteiger partial charge in [0.05, 0.1) is 27.2 Å². The van der Waals surface area contributed by atoms with E-state index in [4.69, 9.17) is 16.6 Å². The van der Waals surface area contributed by atoms with Gasteiger partial charge in [-0.2, -0.15) is 0 Å². The van der Waals surface area contributed by atoms with Gasteiger partial charge in [0, 0.05) is 11.0 Å². The lowest BCUT2D eigenvalue weighted by molar-refractivity contribution is -0.113. The van der Waals surface area contributed by atoms with E-state index in [2.05, 4.69) is 11.1 Å². The second-order valence-electron chi connectivity index (χ2n) is 9.31. The number of carbonyl (C=O) groups excluding carboxylic acids is 1. The zero-order valence-corrected chi connectivity index (χ0v) is 22.3. The van der Waals surface area contributed by atoms with Crippen molar-refractivity contribution in [2.24, 2.45) is 10.9 Å². The van der Waals surface area contributed by atoms with E-state index in [0.29, 0.717) is 37.4 Å². The summed E-state index contributed by atoms with van der Waals surface area (Å²) in [4.78, 5) is 37.1. The first-order chi connectivity index (χ1) is 18.4. The fourth-order valence-corrected chi connectivity index (χ4v) is 6.22. The lowest BCUT2D eigenvalue weighted by atomic mass is 9.84. The first-order valence-electron chi connectivity index (χ1n) is 12.2. The van der Waals surface area contributed by atoms with E-state index in [1.165, 1.54) is 11.8 Å². The van der Waals surface area contributed by atoms with Crippen LogP contribution < -0.4 is 5.56 Å². The molecule has 6 rings (SSSR count). The Labute approximate surface area is 228 Å². The number of para-hydroxylation sites is 1. The molecule has 0 saturated carbocycles. The molecule has 1 atom stereocenters. The van der Waals surface area contributed by atoms with E-state index in [9.17, 15) is 9.59 Å². The average Bonchev–Trinajstić information content (AvgIpc) is 2.89. The predicted octanol–water partition coefficient (Wildman–Crippen LogP) is 6.80. The van der Waals surface area contributed by atoms with E-state index < -0.39 is 0 Å². The number of aliphatic imine (C=N–C) groups is 1. The smallest absolute Gasteiger partial charge is 0.268 e. The molecular formula is C31H22ClN3O2S. The van der Waals surface area contributed by atoms with Crippen molar-refractivity contribution >= 4 is 51.5 Å². The Morgan fingerprint density at radius 1 is 0.895 bits per heavy atom. The number of benzene rings is 3. The Morgan fingerprint density at radius 2 is 1.61 bits per heavy atom. The third-order valence-corrected chi connectivity index (χ3v) is 7.83. The van der Waals surface area contributed by atoms with Crippen LogP contribution in [0.15, 0.2) is 116 Å². The Kier molecular flexibility index (Phi) is 6.22. The van der Waals surface area contributed by atoms with Gasteiger partial charge in [-0.15, -0.1) is 0 Å². The molecule has 1 aromatic heterocycles. The first-order valence-corrected chi connectivity index (χ1v) is 13.3. The van der Waals surface area contributed by atoms with Gasteiger partial charge >= 0.3 is 0 Å². The molecule has 1 aliphatic heterocycles. The third kappa shape index (κ3) is 4.36. The lowest BCUT2D eigenvalue weighted by Crippen LogP contribution is -2.25. The number of dihydropyridines is 1. The molecule has 3 aromatic carbocycles. The van der Waals surface area contributed by atoms with Crippen molar-refractivity contribution in [1.29, 1.82) is 0 Å². The van der Waals surface area contributed by atoms with E-state index in [1.807, 2.05) is 80.6 Å². The van der Waals surface area contributed by atoms with Crippen molar-refractivity contribution < 1.29 is 4.79 Å². The van der Waals surface area contributed by atoms with Crippen molar-refractivity contribution in [2.45, 2.75) is 19.0 Å². The number of fused-ring (bicyclic) bond motifs is 2. The Morgan fingerprint density at radius 3 is 2.37 bits per heavy atom. The summed E-state index contributed by atoms with van der Waals surface area (Å²) >= 11 is 7.57. The summed E-state index contributed by atoms with van der Waals surface area (Å²) in [6.07, 6.45) is 5.43. The zero-order chi connectivity index (χ0) is 26.4. The molecule has 0 N–H and O–H groups in total. The molecule has 2 aliphatic rings. The maximum Gasteiger partial charge on any atom is 0.284 e. The minimum Gasteiger partial charge on any atom is -0.268 e. The molecule has 1 unspecified atom stereocenters. The van der Waals surface area contributed by atoms with Gasteiger partial charge in [-0.3, -0.25) is 14.2 Å². The van der Waals surface area contributed by atoms with Gasteiger partial charge in [-0.1, -0.05) is 66.2 Å². The number of aryl methyl sites for hydroxylation is 2. The van der Waals surface area contributed by atoms with Gasteiger partial charge in [0.1, 0.15) is 0 Å². The van der Waals surface area contributed by atoms with E-state index in [0.717, 1.165) is 22.3 Å². The first kappa shape index (κ1) is 24.3. The van der Waals surface area contributed by atoms with Crippen LogP contribution in [0.4, 0.5) is 0 Å². The second kappa shape index (κ2) is 9.71. The standard InChI is InChI=1S/C31H22ClN3O2S/c1-18-14-19(2)16-22(15-18)35-30(37)23-10-6-7-11-25(23)34-31(35)38-28-27(20-8-4-3-5-9-20)24-17-21(32)12-13-26(24)33-29(28)36/h3-17,24H,1-2H3. The quantitative estimate of drug-likeness (QED) is 0.270. The van der Waals surface area contributed by atoms with Crippen molar-refractivity contribution in [1.82, 2.24) is 9.55 Å². The largest absolute Gasteiger partial charge is 0.284 e. The van der Waals surface area contributed by atoms with Crippen LogP contribution in [-0.4, -0.2) is 21.2 Å². The summed E-state index contributed by atoms with van der Waals surface area (Å²) in [6, 6.07) is 23.0. The van der Waals surface area contributed by atoms with Gasteiger partial charge in [-0.25, -0.2) is 9.98 Å². The average molecular weight is 536 g/mol. The molecule has 5 nitrogen and oxygen atoms in total. The zero-order valence-electron chi connectivity index (χ0n) is 20.7. The highest BCUT2D eigenvalue weighted by atomic mass is 35.5. The van der Waals surface area contributed by atoms with Gasteiger partial charge in [0.15, 0.2) is 5.16 Å². The third-order valence-electron chi connectivity index (χ3n) is 6.53. The predicted molar refractivity (Wildman–Crippen MR) is 155 cm³/mol. The molecule has 0 fully saturated rings. The van der Waals surface area contributed by atoms with E-state index >= 15 is 0 Å². The molecule has 38 heavy (non-hydrogen) atoms. The van der Waals surface area contributed by atoms with Crippen LogP contribution in [0.1, 0.15) is 16.7 Å². The van der Waals surface area contributed by atoms with Crippen LogP contribution >= 0.6 is 23.4 Å². The van der Waals surface area contributed by atoms with Crippen molar-refractivity contribution in [2.75, 3.05) is 0 Å². The van der Waals surface area contributed by atoms with Gasteiger partial charge in [0.25, 0.3) is 11.5 Å². The molecule has 2 heterocycles. The molecule has 1 aliphatic carbocycles. The van der Waals surface area contributed by atoms with Crippen LogP contribution in [0.2, 0.25) is 0 Å². The Balaban J connectivity index is 1.62. The lowest BCUT2D eigenvalue weighted by Gasteiger charge is -2.27. The van der Waals surface area contributed by atoms with Crippen LogP contribution in [0.5, 0.6) is 0 Å². The summed E-state index contributed by atoms with van der Waals surface area (Å²) in [5, 5.41) is 1.49. The number of allylic oxidation sites excluding steroid dienone is 5. The number of hydrogen-bond acceptors (Lipinski definition) is 4. The highest BCUT2D eigenvalue weighted by molar-refractivity contribution is 8.04. The number of carbonyl (C=O) groups is 1. The maximum absolute atomic E-state index is 13.9. The summed E-state index contributed by atoms with van der Waals surface area (Å²) in [5.74, 6) is -0.664. The van der Waals surface area contributed by atoms with E-state index in [1.54, 1.807) is 22.8 Å². The summed E-state index contributed by atoms with van der Waals surface area (Å²) in [6.45, 7) is 3.98. The molecule has 0 spiro atoms. The van der Waals surface area contributed by atoms with Gasteiger partial charge < -0.3 is 0 Å². The number of hydrogen-bond donors (Lipinski definition) is 0. The number of rotatable bonds is 4. The maximum atomic E-state index is 13.9. The SMILES string of the molecule is Cc1cc(C)cc(-n2c(SC3=C(c4ccccc4)C4C=C(Cl)C=CC4=NC3=O)nc3ccccc3c2=O)c1. The summed E-state index contributed by atoms with van der Waals surface area (Å²) < 4.78 is 1.60. The number of halogens is 1. The molecule has 0 radical (unpaired) electrons. The second-order valence-corrected chi connectivity index (χ2v) is 10.7. The number of thioether (sulfide) groups is 1. The topological polar surface area (TPSA) is 64.3 Å². The van der Waals surface area contributed by atoms with Crippen molar-refractivity contribution in [3.8, 4) is 5.69 Å². The monoisotopic (exact) mass is 535 g/mol. The van der Waals surface area contributed by atoms with Crippen LogP contribution in [-0.2, 0) is 4.79 Å². The van der Waals surface area contributed by atoms with E-state index in [-0.39, 0.29) is 17.4 Å². The highest BCUT2D eigenvalue weighted by Gasteiger charge is 2.33. The molecule has 0 saturated heterocycles.